The Bertz CT molecular complexity index is 1200. The summed E-state index contributed by atoms with van der Waals surface area (Å²) in [4.78, 5) is 19.6. The zero-order valence-electron chi connectivity index (χ0n) is 15.4. The number of nitrogens with one attached hydrogen (secondary N) is 1. The number of H-pyrrole nitrogens is 1. The molecular weight excluding hydrogens is 427 g/mol. The molecule has 0 saturated heterocycles. The minimum Gasteiger partial charge on any atom is -0.493 e. The van der Waals surface area contributed by atoms with Gasteiger partial charge in [-0.25, -0.2) is 17.9 Å². The van der Waals surface area contributed by atoms with Crippen LogP contribution < -0.4 is 10.3 Å². The molecule has 0 bridgehead atoms. The second-order valence-electron chi connectivity index (χ2n) is 6.02. The largest absolute Gasteiger partial charge is 0.493 e. The normalized spacial score (nSPS) is 13.0. The standard InChI is InChI=1S/C17H18Cl2N4O4S/c1-4-12(18)16-20-9(3)14-17(24)21-15(22-23(14)16)11-8-10(28(19,25)26)6-7-13(11)27-5-2/h6-8,12H,4-5H2,1-3H3,(H,21,22,24). The highest BCUT2D eigenvalue weighted by molar-refractivity contribution is 8.13. The number of ether oxygens (including phenoxy) is 1. The van der Waals surface area contributed by atoms with Crippen LogP contribution in [0.4, 0.5) is 0 Å². The number of aromatic amines is 1. The summed E-state index contributed by atoms with van der Waals surface area (Å²) in [6.45, 7) is 5.71. The highest BCUT2D eigenvalue weighted by atomic mass is 35.7. The monoisotopic (exact) mass is 444 g/mol. The van der Waals surface area contributed by atoms with E-state index >= 15 is 0 Å². The van der Waals surface area contributed by atoms with Gasteiger partial charge in [0, 0.05) is 10.7 Å². The first-order valence-corrected chi connectivity index (χ1v) is 11.3. The van der Waals surface area contributed by atoms with Crippen molar-refractivity contribution in [3.05, 3.63) is 40.1 Å². The maximum Gasteiger partial charge on any atom is 0.277 e. The molecule has 1 atom stereocenters. The molecule has 0 radical (unpaired) electrons. The van der Waals surface area contributed by atoms with Crippen LogP contribution in [0.25, 0.3) is 16.9 Å². The molecule has 3 aromatic rings. The van der Waals surface area contributed by atoms with Crippen LogP contribution in [0.5, 0.6) is 5.75 Å². The number of benzene rings is 1. The number of nitrogens with zero attached hydrogens (tertiary/aromatic N) is 3. The lowest BCUT2D eigenvalue weighted by Gasteiger charge is -2.12. The second kappa shape index (κ2) is 7.73. The minimum atomic E-state index is -3.98. The van der Waals surface area contributed by atoms with Gasteiger partial charge in [0.1, 0.15) is 11.6 Å². The van der Waals surface area contributed by atoms with Crippen LogP contribution in [-0.4, -0.2) is 34.6 Å². The van der Waals surface area contributed by atoms with Gasteiger partial charge >= 0.3 is 0 Å². The zero-order valence-corrected chi connectivity index (χ0v) is 17.7. The predicted molar refractivity (Wildman–Crippen MR) is 107 cm³/mol. The number of rotatable bonds is 6. The van der Waals surface area contributed by atoms with Crippen LogP contribution >= 0.6 is 22.3 Å². The maximum atomic E-state index is 12.7. The van der Waals surface area contributed by atoms with E-state index in [4.69, 9.17) is 27.0 Å². The van der Waals surface area contributed by atoms with E-state index in [-0.39, 0.29) is 21.8 Å². The fraction of sp³-hybridized carbons (Fsp3) is 0.353. The molecule has 28 heavy (non-hydrogen) atoms. The molecule has 2 aromatic heterocycles. The van der Waals surface area contributed by atoms with Crippen LogP contribution in [0, 0.1) is 6.92 Å². The summed E-state index contributed by atoms with van der Waals surface area (Å²) < 4.78 is 30.5. The van der Waals surface area contributed by atoms with E-state index in [1.807, 2.05) is 6.92 Å². The number of aromatic nitrogens is 4. The number of halogens is 2. The molecule has 8 nitrogen and oxygen atoms in total. The number of hydrogen-bond acceptors (Lipinski definition) is 6. The molecule has 0 aliphatic heterocycles. The molecule has 0 aliphatic rings. The third kappa shape index (κ3) is 3.74. The van der Waals surface area contributed by atoms with E-state index in [2.05, 4.69) is 15.1 Å². The second-order valence-corrected chi connectivity index (χ2v) is 9.12. The molecular formula is C17H18Cl2N4O4S. The van der Waals surface area contributed by atoms with Crippen molar-refractivity contribution >= 4 is 36.9 Å². The lowest BCUT2D eigenvalue weighted by Crippen LogP contribution is -2.16. The average Bonchev–Trinajstić information content (AvgIpc) is 2.97. The third-order valence-corrected chi connectivity index (χ3v) is 5.98. The van der Waals surface area contributed by atoms with E-state index in [0.717, 1.165) is 0 Å². The summed E-state index contributed by atoms with van der Waals surface area (Å²) in [6, 6.07) is 4.10. The first kappa shape index (κ1) is 20.6. The third-order valence-electron chi connectivity index (χ3n) is 4.13. The van der Waals surface area contributed by atoms with E-state index in [0.29, 0.717) is 30.3 Å². The van der Waals surface area contributed by atoms with Crippen molar-refractivity contribution in [2.75, 3.05) is 6.61 Å². The quantitative estimate of drug-likeness (QED) is 0.461. The van der Waals surface area contributed by atoms with Gasteiger partial charge < -0.3 is 9.72 Å². The van der Waals surface area contributed by atoms with Crippen LogP contribution in [0.2, 0.25) is 0 Å². The number of fused-ring (bicyclic) bond motifs is 1. The van der Waals surface area contributed by atoms with E-state index < -0.39 is 20.0 Å². The van der Waals surface area contributed by atoms with Crippen LogP contribution in [0.15, 0.2) is 27.9 Å². The molecule has 2 heterocycles. The molecule has 0 amide bonds. The van der Waals surface area contributed by atoms with Crippen molar-refractivity contribution in [2.24, 2.45) is 0 Å². The van der Waals surface area contributed by atoms with E-state index in [1.54, 1.807) is 13.8 Å². The molecule has 1 aromatic carbocycles. The SMILES string of the molecule is CCOc1ccc(S(=O)(=O)Cl)cc1-c1nn2c(C(Cl)CC)nc(C)c2c(=O)[nH]1. The Hall–Kier alpha value is -2.10. The molecule has 3 rings (SSSR count). The van der Waals surface area contributed by atoms with Gasteiger partial charge in [0.2, 0.25) is 0 Å². The molecule has 0 spiro atoms. The van der Waals surface area contributed by atoms with Gasteiger partial charge in [-0.3, -0.25) is 4.79 Å². The summed E-state index contributed by atoms with van der Waals surface area (Å²) in [7, 11) is 1.49. The van der Waals surface area contributed by atoms with Crippen molar-refractivity contribution in [1.82, 2.24) is 19.6 Å². The molecule has 0 saturated carbocycles. The lowest BCUT2D eigenvalue weighted by molar-refractivity contribution is 0.341. The summed E-state index contributed by atoms with van der Waals surface area (Å²) in [6.07, 6.45) is 0.591. The molecule has 1 N–H and O–H groups in total. The highest BCUT2D eigenvalue weighted by Gasteiger charge is 2.22. The van der Waals surface area contributed by atoms with Gasteiger partial charge in [-0.1, -0.05) is 6.92 Å². The molecule has 1 unspecified atom stereocenters. The number of hydrogen-bond donors (Lipinski definition) is 1. The van der Waals surface area contributed by atoms with Gasteiger partial charge in [0.05, 0.1) is 28.1 Å². The Morgan fingerprint density at radius 2 is 2.04 bits per heavy atom. The number of imidazole rings is 1. The molecule has 0 fully saturated rings. The fourth-order valence-corrected chi connectivity index (χ4v) is 3.75. The maximum absolute atomic E-state index is 12.7. The van der Waals surface area contributed by atoms with Crippen molar-refractivity contribution < 1.29 is 13.2 Å². The zero-order chi connectivity index (χ0) is 20.6. The summed E-state index contributed by atoms with van der Waals surface area (Å²) in [5.74, 6) is 0.898. The Balaban J connectivity index is 2.33. The first-order valence-electron chi connectivity index (χ1n) is 8.52. The Labute approximate surface area is 170 Å². The van der Waals surface area contributed by atoms with Gasteiger partial charge in [0.25, 0.3) is 14.6 Å². The molecule has 0 aliphatic carbocycles. The topological polar surface area (TPSA) is 106 Å². The highest BCUT2D eigenvalue weighted by Crippen LogP contribution is 2.32. The Morgan fingerprint density at radius 3 is 2.64 bits per heavy atom. The van der Waals surface area contributed by atoms with Crippen LogP contribution in [0.1, 0.15) is 37.2 Å². The Kier molecular flexibility index (Phi) is 5.69. The van der Waals surface area contributed by atoms with Crippen molar-refractivity contribution in [3.63, 3.8) is 0 Å². The first-order chi connectivity index (χ1) is 13.2. The van der Waals surface area contributed by atoms with Gasteiger partial charge in [0.15, 0.2) is 11.3 Å². The minimum absolute atomic E-state index is 0.113. The fourth-order valence-electron chi connectivity index (χ4n) is 2.83. The summed E-state index contributed by atoms with van der Waals surface area (Å²) >= 11 is 6.34. The average molecular weight is 445 g/mol. The lowest BCUT2D eigenvalue weighted by atomic mass is 10.2. The van der Waals surface area contributed by atoms with Gasteiger partial charge in [-0.15, -0.1) is 16.7 Å². The van der Waals surface area contributed by atoms with Crippen LogP contribution in [-0.2, 0) is 9.05 Å². The smallest absolute Gasteiger partial charge is 0.277 e. The van der Waals surface area contributed by atoms with Crippen molar-refractivity contribution in [1.29, 1.82) is 0 Å². The number of alkyl halides is 1. The van der Waals surface area contributed by atoms with Crippen LogP contribution in [0.3, 0.4) is 0 Å². The van der Waals surface area contributed by atoms with Crippen molar-refractivity contribution in [3.8, 4) is 17.1 Å². The van der Waals surface area contributed by atoms with Gasteiger partial charge in [-0.05, 0) is 38.5 Å². The van der Waals surface area contributed by atoms with Crippen molar-refractivity contribution in [2.45, 2.75) is 37.5 Å². The molecule has 11 heteroatoms. The summed E-state index contributed by atoms with van der Waals surface area (Å²) in [5, 5.41) is 4.02. The van der Waals surface area contributed by atoms with Gasteiger partial charge in [-0.2, -0.15) is 0 Å². The van der Waals surface area contributed by atoms with E-state index in [1.165, 1.54) is 22.7 Å². The summed E-state index contributed by atoms with van der Waals surface area (Å²) in [5.41, 5.74) is 0.624. The Morgan fingerprint density at radius 1 is 1.32 bits per heavy atom. The molecule has 150 valence electrons. The predicted octanol–water partition coefficient (Wildman–Crippen LogP) is 3.41. The van der Waals surface area contributed by atoms with E-state index in [9.17, 15) is 13.2 Å². The number of aryl methyl sites for hydroxylation is 1.